The molecule has 1 aromatic carbocycles. The van der Waals surface area contributed by atoms with Gasteiger partial charge in [0, 0.05) is 32.7 Å². The van der Waals surface area contributed by atoms with Crippen molar-refractivity contribution in [2.24, 2.45) is 5.84 Å². The molecule has 2 heterocycles. The monoisotopic (exact) mass is 347 g/mol. The Labute approximate surface area is 129 Å². The van der Waals surface area contributed by atoms with E-state index < -0.39 is 0 Å². The van der Waals surface area contributed by atoms with Gasteiger partial charge in [-0.1, -0.05) is 18.2 Å². The molecule has 5 heteroatoms. The molecule has 1 atom stereocenters. The molecule has 0 aliphatic carbocycles. The second-order valence-corrected chi connectivity index (χ2v) is 6.53. The Kier molecular flexibility index (Phi) is 4.12. The number of hydrogen-bond acceptors (Lipinski definition) is 4. The van der Waals surface area contributed by atoms with Gasteiger partial charge in [0.2, 0.25) is 0 Å². The molecular formula is C15H14BrN3S. The maximum atomic E-state index is 5.72. The first-order valence-corrected chi connectivity index (χ1v) is 7.97. The van der Waals surface area contributed by atoms with Crippen LogP contribution in [0.1, 0.15) is 16.5 Å². The minimum absolute atomic E-state index is 0.0673. The molecule has 3 rings (SSSR count). The summed E-state index contributed by atoms with van der Waals surface area (Å²) in [6, 6.07) is 12.4. The Hall–Kier alpha value is -1.27. The van der Waals surface area contributed by atoms with Gasteiger partial charge in [0.1, 0.15) is 0 Å². The number of aromatic nitrogens is 1. The van der Waals surface area contributed by atoms with Crippen molar-refractivity contribution in [2.45, 2.75) is 12.5 Å². The van der Waals surface area contributed by atoms with Gasteiger partial charge >= 0.3 is 0 Å². The topological polar surface area (TPSA) is 50.9 Å². The summed E-state index contributed by atoms with van der Waals surface area (Å²) in [6.45, 7) is 0. The number of nitrogens with zero attached hydrogens (tertiary/aromatic N) is 1. The van der Waals surface area contributed by atoms with E-state index in [9.17, 15) is 0 Å². The highest BCUT2D eigenvalue weighted by Crippen LogP contribution is 2.26. The van der Waals surface area contributed by atoms with Crippen molar-refractivity contribution in [3.05, 3.63) is 62.9 Å². The first-order valence-electron chi connectivity index (χ1n) is 6.30. The van der Waals surface area contributed by atoms with Gasteiger partial charge in [-0.25, -0.2) is 0 Å². The van der Waals surface area contributed by atoms with Gasteiger partial charge in [-0.15, -0.1) is 11.3 Å². The van der Waals surface area contributed by atoms with Crippen molar-refractivity contribution in [2.75, 3.05) is 0 Å². The Bertz CT molecular complexity index is 726. The quantitative estimate of drug-likeness (QED) is 0.557. The Morgan fingerprint density at radius 3 is 2.90 bits per heavy atom. The zero-order valence-electron chi connectivity index (χ0n) is 10.7. The van der Waals surface area contributed by atoms with Crippen LogP contribution in [-0.4, -0.2) is 4.98 Å². The fraction of sp³-hybridized carbons (Fsp3) is 0.133. The molecule has 0 saturated carbocycles. The Morgan fingerprint density at radius 2 is 2.15 bits per heavy atom. The largest absolute Gasteiger partial charge is 0.271 e. The molecule has 0 amide bonds. The summed E-state index contributed by atoms with van der Waals surface area (Å²) >= 11 is 5.21. The molecule has 0 fully saturated rings. The Balaban J connectivity index is 1.90. The van der Waals surface area contributed by atoms with Crippen LogP contribution in [-0.2, 0) is 6.42 Å². The number of thiophene rings is 1. The van der Waals surface area contributed by atoms with Crippen molar-refractivity contribution >= 4 is 38.2 Å². The SMILES string of the molecule is NNC(Cc1cc(Br)cs1)c1cnc2ccccc2c1. The van der Waals surface area contributed by atoms with Gasteiger partial charge in [-0.3, -0.25) is 16.3 Å². The fourth-order valence-corrected chi connectivity index (χ4v) is 3.71. The molecule has 0 aliphatic rings. The third kappa shape index (κ3) is 2.91. The molecule has 1 unspecified atom stereocenters. The van der Waals surface area contributed by atoms with Crippen molar-refractivity contribution in [1.82, 2.24) is 10.4 Å². The van der Waals surface area contributed by atoms with Crippen molar-refractivity contribution in [3.63, 3.8) is 0 Å². The highest BCUT2D eigenvalue weighted by molar-refractivity contribution is 9.10. The number of hydrazine groups is 1. The number of nitrogens with two attached hydrogens (primary N) is 1. The molecule has 3 nitrogen and oxygen atoms in total. The third-order valence-electron chi connectivity index (χ3n) is 3.24. The standard InChI is InChI=1S/C15H14BrN3S/c16-12-6-13(20-9-12)7-15(19-17)11-5-10-3-1-2-4-14(10)18-8-11/h1-6,8-9,15,19H,7,17H2. The van der Waals surface area contributed by atoms with E-state index in [1.165, 1.54) is 4.88 Å². The number of hydrogen-bond donors (Lipinski definition) is 2. The smallest absolute Gasteiger partial charge is 0.0702 e. The number of fused-ring (bicyclic) bond motifs is 1. The van der Waals surface area contributed by atoms with E-state index in [4.69, 9.17) is 5.84 Å². The molecule has 0 bridgehead atoms. The zero-order valence-corrected chi connectivity index (χ0v) is 13.1. The first kappa shape index (κ1) is 13.7. The van der Waals surface area contributed by atoms with Crippen LogP contribution in [0.5, 0.6) is 0 Å². The van der Waals surface area contributed by atoms with Gasteiger partial charge in [-0.2, -0.15) is 0 Å². The number of benzene rings is 1. The van der Waals surface area contributed by atoms with Crippen LogP contribution in [0, 0.1) is 0 Å². The summed E-state index contributed by atoms with van der Waals surface area (Å²) < 4.78 is 1.12. The van der Waals surface area contributed by atoms with E-state index in [0.717, 1.165) is 27.4 Å². The van der Waals surface area contributed by atoms with Crippen LogP contribution in [0.25, 0.3) is 10.9 Å². The average molecular weight is 348 g/mol. The number of pyridine rings is 1. The van der Waals surface area contributed by atoms with Gasteiger partial charge in [0.25, 0.3) is 0 Å². The average Bonchev–Trinajstić information content (AvgIpc) is 2.89. The van der Waals surface area contributed by atoms with Gasteiger partial charge in [0.15, 0.2) is 0 Å². The molecule has 0 aliphatic heterocycles. The van der Waals surface area contributed by atoms with E-state index in [-0.39, 0.29) is 6.04 Å². The van der Waals surface area contributed by atoms with E-state index in [1.54, 1.807) is 11.3 Å². The highest BCUT2D eigenvalue weighted by Gasteiger charge is 2.13. The number of rotatable bonds is 4. The summed E-state index contributed by atoms with van der Waals surface area (Å²) in [5.41, 5.74) is 5.00. The molecule has 102 valence electrons. The molecule has 20 heavy (non-hydrogen) atoms. The molecule has 2 aromatic heterocycles. The summed E-state index contributed by atoms with van der Waals surface area (Å²) in [7, 11) is 0. The van der Waals surface area contributed by atoms with Crippen LogP contribution in [0.2, 0.25) is 0 Å². The number of para-hydroxylation sites is 1. The predicted molar refractivity (Wildman–Crippen MR) is 87.5 cm³/mol. The lowest BCUT2D eigenvalue weighted by atomic mass is 10.0. The number of halogens is 1. The van der Waals surface area contributed by atoms with E-state index in [2.05, 4.69) is 49.9 Å². The summed E-state index contributed by atoms with van der Waals surface area (Å²) in [5, 5.41) is 3.22. The van der Waals surface area contributed by atoms with Crippen LogP contribution in [0.4, 0.5) is 0 Å². The molecule has 0 radical (unpaired) electrons. The second kappa shape index (κ2) is 6.01. The van der Waals surface area contributed by atoms with Gasteiger partial charge in [0.05, 0.1) is 11.6 Å². The first-order chi connectivity index (χ1) is 9.76. The predicted octanol–water partition coefficient (Wildman–Crippen LogP) is 3.81. The fourth-order valence-electron chi connectivity index (χ4n) is 2.21. The lowest BCUT2D eigenvalue weighted by molar-refractivity contribution is 0.554. The van der Waals surface area contributed by atoms with Crippen LogP contribution in [0.3, 0.4) is 0 Å². The van der Waals surface area contributed by atoms with E-state index in [1.807, 2.05) is 24.4 Å². The van der Waals surface area contributed by atoms with Crippen molar-refractivity contribution < 1.29 is 0 Å². The van der Waals surface area contributed by atoms with Gasteiger partial charge < -0.3 is 0 Å². The number of nitrogens with one attached hydrogen (secondary N) is 1. The highest BCUT2D eigenvalue weighted by atomic mass is 79.9. The second-order valence-electron chi connectivity index (χ2n) is 4.62. The normalized spacial score (nSPS) is 12.7. The van der Waals surface area contributed by atoms with E-state index in [0.29, 0.717) is 0 Å². The van der Waals surface area contributed by atoms with Gasteiger partial charge in [-0.05, 0) is 39.7 Å². The van der Waals surface area contributed by atoms with Crippen LogP contribution < -0.4 is 11.3 Å². The summed E-state index contributed by atoms with van der Waals surface area (Å²) in [6.07, 6.45) is 2.75. The lowest BCUT2D eigenvalue weighted by Gasteiger charge is -2.15. The summed E-state index contributed by atoms with van der Waals surface area (Å²) in [5.74, 6) is 5.72. The van der Waals surface area contributed by atoms with E-state index >= 15 is 0 Å². The van der Waals surface area contributed by atoms with Crippen LogP contribution >= 0.6 is 27.3 Å². The molecular weight excluding hydrogens is 334 g/mol. The maximum Gasteiger partial charge on any atom is 0.0702 e. The molecule has 0 saturated heterocycles. The third-order valence-corrected chi connectivity index (χ3v) is 4.96. The molecule has 0 spiro atoms. The van der Waals surface area contributed by atoms with Crippen molar-refractivity contribution in [1.29, 1.82) is 0 Å². The Morgan fingerprint density at radius 1 is 1.30 bits per heavy atom. The molecule has 3 N–H and O–H groups in total. The van der Waals surface area contributed by atoms with Crippen molar-refractivity contribution in [3.8, 4) is 0 Å². The summed E-state index contributed by atoms with van der Waals surface area (Å²) in [4.78, 5) is 5.78. The zero-order chi connectivity index (χ0) is 13.9. The lowest BCUT2D eigenvalue weighted by Crippen LogP contribution is -2.29. The minimum Gasteiger partial charge on any atom is -0.271 e. The maximum absolute atomic E-state index is 5.72. The van der Waals surface area contributed by atoms with Crippen LogP contribution in [0.15, 0.2) is 52.4 Å². The minimum atomic E-state index is 0.0673. The molecule has 3 aromatic rings.